The Morgan fingerprint density at radius 3 is 2.48 bits per heavy atom. The van der Waals surface area contributed by atoms with E-state index in [0.717, 1.165) is 25.0 Å². The number of fused-ring (bicyclic) bond motifs is 1. The normalized spacial score (nSPS) is 13.9. The van der Waals surface area contributed by atoms with Crippen LogP contribution < -0.4 is 4.74 Å². The van der Waals surface area contributed by atoms with Crippen molar-refractivity contribution in [3.63, 3.8) is 0 Å². The van der Waals surface area contributed by atoms with Crippen LogP contribution in [-0.4, -0.2) is 26.7 Å². The highest BCUT2D eigenvalue weighted by atomic mass is 19.4. The molecule has 2 atom stereocenters. The zero-order valence-electron chi connectivity index (χ0n) is 18.0. The monoisotopic (exact) mass is 433 g/mol. The fraction of sp³-hybridized carbons (Fsp3) is 0.435. The number of nitrogens with zero attached hydrogens (tertiary/aromatic N) is 3. The summed E-state index contributed by atoms with van der Waals surface area (Å²) in [5.74, 6) is 0.510. The maximum absolute atomic E-state index is 12.9. The standard InChI is InChI=1S/C23H26F3N3O2/c1-5-6-17(11-14(2)30)15(3)31-22-19-13-29(4)28-21(19)12-20(27-22)16-7-9-18(10-8-16)23(24,25)26/h7-10,12-13,15,17H,5-6,11H2,1-4H3/t15-,17+/m1/s1. The van der Waals surface area contributed by atoms with Gasteiger partial charge >= 0.3 is 6.18 Å². The molecular formula is C23H26F3N3O2. The lowest BCUT2D eigenvalue weighted by Crippen LogP contribution is -2.26. The van der Waals surface area contributed by atoms with Crippen LogP contribution in [0.25, 0.3) is 22.2 Å². The molecule has 0 fully saturated rings. The van der Waals surface area contributed by atoms with Gasteiger partial charge in [-0.25, -0.2) is 4.98 Å². The second-order valence-corrected chi connectivity index (χ2v) is 7.90. The number of hydrogen-bond acceptors (Lipinski definition) is 4. The molecule has 0 radical (unpaired) electrons. The lowest BCUT2D eigenvalue weighted by Gasteiger charge is -2.24. The highest BCUT2D eigenvalue weighted by Gasteiger charge is 2.30. The van der Waals surface area contributed by atoms with Gasteiger partial charge in [0.1, 0.15) is 11.9 Å². The van der Waals surface area contributed by atoms with Crippen LogP contribution in [0.3, 0.4) is 0 Å². The molecule has 3 rings (SSSR count). The molecule has 166 valence electrons. The van der Waals surface area contributed by atoms with Crippen LogP contribution in [0.15, 0.2) is 36.5 Å². The number of aryl methyl sites for hydroxylation is 1. The van der Waals surface area contributed by atoms with Crippen LogP contribution >= 0.6 is 0 Å². The first-order valence-corrected chi connectivity index (χ1v) is 10.3. The number of benzene rings is 1. The minimum Gasteiger partial charge on any atom is -0.474 e. The Balaban J connectivity index is 1.98. The van der Waals surface area contributed by atoms with E-state index >= 15 is 0 Å². The molecule has 0 N–H and O–H groups in total. The molecule has 0 saturated heterocycles. The van der Waals surface area contributed by atoms with Gasteiger partial charge in [-0.05, 0) is 38.5 Å². The first kappa shape index (κ1) is 22.8. The number of alkyl halides is 3. The smallest absolute Gasteiger partial charge is 0.416 e. The Bertz CT molecular complexity index is 1060. The van der Waals surface area contributed by atoms with Gasteiger partial charge in [-0.3, -0.25) is 4.68 Å². The fourth-order valence-electron chi connectivity index (χ4n) is 3.69. The predicted molar refractivity (Wildman–Crippen MR) is 113 cm³/mol. The molecule has 2 heterocycles. The van der Waals surface area contributed by atoms with Crippen LogP contribution in [0.2, 0.25) is 0 Å². The van der Waals surface area contributed by atoms with Gasteiger partial charge in [0, 0.05) is 31.1 Å². The van der Waals surface area contributed by atoms with E-state index in [1.165, 1.54) is 12.1 Å². The van der Waals surface area contributed by atoms with Crippen LogP contribution in [0.1, 0.15) is 45.6 Å². The van der Waals surface area contributed by atoms with Gasteiger partial charge in [-0.2, -0.15) is 18.3 Å². The van der Waals surface area contributed by atoms with Crippen LogP contribution in [0, 0.1) is 5.92 Å². The number of carbonyl (C=O) groups excluding carboxylic acids is 1. The number of Topliss-reactive ketones (excluding diaryl/α,β-unsaturated/α-hetero) is 1. The minimum atomic E-state index is -4.40. The number of carbonyl (C=O) groups is 1. The lowest BCUT2D eigenvalue weighted by molar-refractivity contribution is -0.137. The Kier molecular flexibility index (Phi) is 6.67. The molecule has 5 nitrogen and oxygen atoms in total. The van der Waals surface area contributed by atoms with Gasteiger partial charge in [0.2, 0.25) is 5.88 Å². The molecule has 31 heavy (non-hydrogen) atoms. The third kappa shape index (κ3) is 5.42. The summed E-state index contributed by atoms with van der Waals surface area (Å²) >= 11 is 0. The summed E-state index contributed by atoms with van der Waals surface area (Å²) in [6.07, 6.45) is -0.680. The van der Waals surface area contributed by atoms with Crippen molar-refractivity contribution in [1.82, 2.24) is 14.8 Å². The van der Waals surface area contributed by atoms with Gasteiger partial charge in [0.05, 0.1) is 22.2 Å². The van der Waals surface area contributed by atoms with E-state index in [9.17, 15) is 18.0 Å². The first-order chi connectivity index (χ1) is 14.6. The zero-order valence-corrected chi connectivity index (χ0v) is 18.0. The quantitative estimate of drug-likeness (QED) is 0.449. The van der Waals surface area contributed by atoms with Crippen molar-refractivity contribution in [3.8, 4) is 17.1 Å². The topological polar surface area (TPSA) is 57.0 Å². The molecule has 0 spiro atoms. The van der Waals surface area contributed by atoms with Crippen molar-refractivity contribution >= 4 is 16.7 Å². The number of ketones is 1. The van der Waals surface area contributed by atoms with E-state index in [4.69, 9.17) is 4.74 Å². The summed E-state index contributed by atoms with van der Waals surface area (Å²) in [5.41, 5.74) is 0.924. The summed E-state index contributed by atoms with van der Waals surface area (Å²) in [5, 5.41) is 5.13. The summed E-state index contributed by atoms with van der Waals surface area (Å²) in [6.45, 7) is 5.54. The molecule has 0 aliphatic carbocycles. The molecule has 2 aromatic heterocycles. The molecule has 3 aromatic rings. The average Bonchev–Trinajstić information content (AvgIpc) is 3.07. The fourth-order valence-corrected chi connectivity index (χ4v) is 3.69. The summed E-state index contributed by atoms with van der Waals surface area (Å²) in [6, 6.07) is 6.58. The van der Waals surface area contributed by atoms with E-state index in [2.05, 4.69) is 17.0 Å². The third-order valence-corrected chi connectivity index (χ3v) is 5.26. The van der Waals surface area contributed by atoms with Crippen molar-refractivity contribution < 1.29 is 22.7 Å². The first-order valence-electron chi connectivity index (χ1n) is 10.3. The van der Waals surface area contributed by atoms with E-state index in [-0.39, 0.29) is 17.8 Å². The van der Waals surface area contributed by atoms with Crippen molar-refractivity contribution in [2.45, 2.75) is 52.3 Å². The minimum absolute atomic E-state index is 0.0470. The van der Waals surface area contributed by atoms with Crippen molar-refractivity contribution in [2.75, 3.05) is 0 Å². The van der Waals surface area contributed by atoms with Gasteiger partial charge in [0.25, 0.3) is 0 Å². The number of ether oxygens (including phenoxy) is 1. The number of aromatic nitrogens is 3. The van der Waals surface area contributed by atoms with Crippen molar-refractivity contribution in [1.29, 1.82) is 0 Å². The molecule has 1 aromatic carbocycles. The van der Waals surface area contributed by atoms with E-state index in [1.807, 2.05) is 6.92 Å². The van der Waals surface area contributed by atoms with Crippen LogP contribution in [-0.2, 0) is 18.0 Å². The largest absolute Gasteiger partial charge is 0.474 e. The van der Waals surface area contributed by atoms with Gasteiger partial charge in [-0.15, -0.1) is 0 Å². The summed E-state index contributed by atoms with van der Waals surface area (Å²) in [7, 11) is 1.78. The third-order valence-electron chi connectivity index (χ3n) is 5.26. The van der Waals surface area contributed by atoms with Crippen molar-refractivity contribution in [3.05, 3.63) is 42.1 Å². The molecule has 0 aliphatic heterocycles. The highest BCUT2D eigenvalue weighted by molar-refractivity contribution is 5.86. The zero-order chi connectivity index (χ0) is 22.8. The Hall–Kier alpha value is -2.90. The Morgan fingerprint density at radius 2 is 1.90 bits per heavy atom. The van der Waals surface area contributed by atoms with Crippen LogP contribution in [0.4, 0.5) is 13.2 Å². The van der Waals surface area contributed by atoms with E-state index < -0.39 is 11.7 Å². The van der Waals surface area contributed by atoms with E-state index in [0.29, 0.717) is 34.5 Å². The van der Waals surface area contributed by atoms with Crippen molar-refractivity contribution in [2.24, 2.45) is 13.0 Å². The molecule has 0 unspecified atom stereocenters. The lowest BCUT2D eigenvalue weighted by atomic mass is 9.93. The molecule has 0 bridgehead atoms. The number of rotatable bonds is 8. The second-order valence-electron chi connectivity index (χ2n) is 7.90. The summed E-state index contributed by atoms with van der Waals surface area (Å²) in [4.78, 5) is 16.3. The van der Waals surface area contributed by atoms with Crippen LogP contribution in [0.5, 0.6) is 5.88 Å². The highest BCUT2D eigenvalue weighted by Crippen LogP contribution is 2.33. The molecule has 8 heteroatoms. The number of halogens is 3. The molecule has 0 aliphatic rings. The second kappa shape index (κ2) is 9.08. The van der Waals surface area contributed by atoms with E-state index in [1.54, 1.807) is 30.9 Å². The Labute approximate surface area is 179 Å². The Morgan fingerprint density at radius 1 is 1.23 bits per heavy atom. The molecule has 0 saturated carbocycles. The average molecular weight is 433 g/mol. The SMILES string of the molecule is CCC[C@@H](CC(C)=O)[C@@H](C)Oc1nc(-c2ccc(C(F)(F)F)cc2)cc2nn(C)cc12. The van der Waals surface area contributed by atoms with Gasteiger partial charge < -0.3 is 9.53 Å². The summed E-state index contributed by atoms with van der Waals surface area (Å²) < 4.78 is 46.5. The van der Waals surface area contributed by atoms with Gasteiger partial charge in [-0.1, -0.05) is 25.5 Å². The molecular weight excluding hydrogens is 407 g/mol. The maximum Gasteiger partial charge on any atom is 0.416 e. The number of pyridine rings is 1. The molecule has 0 amide bonds. The van der Waals surface area contributed by atoms with Gasteiger partial charge in [0.15, 0.2) is 0 Å². The maximum atomic E-state index is 12.9. The number of hydrogen-bond donors (Lipinski definition) is 0. The predicted octanol–water partition coefficient (Wildman–Crippen LogP) is 5.82.